The van der Waals surface area contributed by atoms with E-state index in [1.807, 2.05) is 0 Å². The quantitative estimate of drug-likeness (QED) is 0.776. The van der Waals surface area contributed by atoms with Gasteiger partial charge in [-0.3, -0.25) is 0 Å². The lowest BCUT2D eigenvalue weighted by Gasteiger charge is -2.24. The molecule has 0 saturated carbocycles. The van der Waals surface area contributed by atoms with Crippen LogP contribution >= 0.6 is 0 Å². The van der Waals surface area contributed by atoms with Crippen molar-refractivity contribution in [1.29, 1.82) is 0 Å². The molecule has 8 heteroatoms. The van der Waals surface area contributed by atoms with Gasteiger partial charge < -0.3 is 19.5 Å². The van der Waals surface area contributed by atoms with E-state index in [0.717, 1.165) is 12.1 Å². The van der Waals surface area contributed by atoms with Crippen molar-refractivity contribution in [3.05, 3.63) is 53.6 Å². The highest BCUT2D eigenvalue weighted by atomic mass is 19.2. The largest absolute Gasteiger partial charge is 0.487 e. The molecule has 30 heavy (non-hydrogen) atoms. The van der Waals surface area contributed by atoms with Crippen LogP contribution in [0.4, 0.5) is 13.6 Å². The van der Waals surface area contributed by atoms with Crippen LogP contribution in [0.5, 0.6) is 5.75 Å². The Labute approximate surface area is 173 Å². The third kappa shape index (κ3) is 4.87. The predicted molar refractivity (Wildman–Crippen MR) is 106 cm³/mol. The van der Waals surface area contributed by atoms with E-state index >= 15 is 0 Å². The summed E-state index contributed by atoms with van der Waals surface area (Å²) in [5.41, 5.74) is -0.127. The Balaban J connectivity index is 1.87. The third-order valence-corrected chi connectivity index (χ3v) is 4.56. The number of carbonyl (C=O) groups is 2. The molecule has 0 radical (unpaired) electrons. The summed E-state index contributed by atoms with van der Waals surface area (Å²) in [5, 5.41) is 9.58. The van der Waals surface area contributed by atoms with Crippen molar-refractivity contribution < 1.29 is 33.0 Å². The summed E-state index contributed by atoms with van der Waals surface area (Å²) in [7, 11) is 0. The number of ether oxygens (including phenoxy) is 2. The molecule has 1 aliphatic heterocycles. The molecule has 1 aliphatic rings. The average Bonchev–Trinajstić information content (AvgIpc) is 3.11. The van der Waals surface area contributed by atoms with E-state index in [0.29, 0.717) is 18.5 Å². The minimum Gasteiger partial charge on any atom is -0.487 e. The van der Waals surface area contributed by atoms with E-state index in [9.17, 15) is 23.5 Å². The summed E-state index contributed by atoms with van der Waals surface area (Å²) >= 11 is 0. The summed E-state index contributed by atoms with van der Waals surface area (Å²) in [6, 6.07) is 7.78. The summed E-state index contributed by atoms with van der Waals surface area (Å²) in [4.78, 5) is 25.5. The number of amides is 1. The first-order chi connectivity index (χ1) is 14.0. The number of hydrogen-bond acceptors (Lipinski definition) is 4. The molecule has 1 atom stereocenters. The van der Waals surface area contributed by atoms with Crippen LogP contribution in [0.1, 0.15) is 37.6 Å². The fourth-order valence-corrected chi connectivity index (χ4v) is 3.21. The number of para-hydroxylation sites is 1. The Kier molecular flexibility index (Phi) is 5.96. The molecule has 0 spiro atoms. The molecule has 2 aromatic carbocycles. The normalized spacial score (nSPS) is 16.4. The molecule has 2 aromatic rings. The molecule has 1 unspecified atom stereocenters. The van der Waals surface area contributed by atoms with Gasteiger partial charge in [-0.05, 0) is 44.5 Å². The number of carbonyl (C=O) groups excluding carboxylic acids is 1. The van der Waals surface area contributed by atoms with Gasteiger partial charge in [-0.25, -0.2) is 18.4 Å². The highest BCUT2D eigenvalue weighted by Gasteiger charge is 2.32. The van der Waals surface area contributed by atoms with Crippen LogP contribution in [0.15, 0.2) is 36.4 Å². The summed E-state index contributed by atoms with van der Waals surface area (Å²) in [6.07, 6.45) is -0.465. The second-order valence-electron chi connectivity index (χ2n) is 8.07. The second-order valence-corrected chi connectivity index (χ2v) is 8.07. The fourth-order valence-electron chi connectivity index (χ4n) is 3.21. The first kappa shape index (κ1) is 21.5. The van der Waals surface area contributed by atoms with Crippen LogP contribution < -0.4 is 4.74 Å². The lowest BCUT2D eigenvalue weighted by atomic mass is 10.0. The number of halogens is 2. The molecule has 160 valence electrons. The van der Waals surface area contributed by atoms with E-state index < -0.39 is 35.4 Å². The Morgan fingerprint density at radius 1 is 1.13 bits per heavy atom. The minimum atomic E-state index is -1.21. The zero-order valence-corrected chi connectivity index (χ0v) is 16.9. The molecular weight excluding hydrogens is 396 g/mol. The summed E-state index contributed by atoms with van der Waals surface area (Å²) < 4.78 is 38.4. The first-order valence-corrected chi connectivity index (χ1v) is 9.51. The number of likely N-dealkylation sites (tertiary alicyclic amines) is 1. The summed E-state index contributed by atoms with van der Waals surface area (Å²) in [5.74, 6) is -3.21. The highest BCUT2D eigenvalue weighted by Crippen LogP contribution is 2.36. The van der Waals surface area contributed by atoms with E-state index in [4.69, 9.17) is 9.47 Å². The molecule has 0 bridgehead atoms. The van der Waals surface area contributed by atoms with Gasteiger partial charge >= 0.3 is 12.1 Å². The van der Waals surface area contributed by atoms with E-state index in [1.165, 1.54) is 23.1 Å². The molecule has 3 rings (SSSR count). The number of hydrogen-bond donors (Lipinski definition) is 1. The molecule has 0 aromatic heterocycles. The van der Waals surface area contributed by atoms with Crippen molar-refractivity contribution in [2.24, 2.45) is 0 Å². The third-order valence-electron chi connectivity index (χ3n) is 4.56. The molecule has 1 amide bonds. The maximum absolute atomic E-state index is 13.7. The van der Waals surface area contributed by atoms with Crippen molar-refractivity contribution in [2.45, 2.75) is 38.9 Å². The average molecular weight is 419 g/mol. The lowest BCUT2D eigenvalue weighted by Crippen LogP contribution is -2.36. The van der Waals surface area contributed by atoms with Gasteiger partial charge in [0, 0.05) is 18.5 Å². The van der Waals surface area contributed by atoms with Gasteiger partial charge in [0.15, 0.2) is 11.6 Å². The van der Waals surface area contributed by atoms with Crippen molar-refractivity contribution in [2.75, 3.05) is 13.1 Å². The molecule has 1 fully saturated rings. The number of nitrogens with zero attached hydrogens (tertiary/aromatic N) is 1. The Morgan fingerprint density at radius 3 is 2.50 bits per heavy atom. The smallest absolute Gasteiger partial charge is 0.410 e. The van der Waals surface area contributed by atoms with Crippen LogP contribution in [0.25, 0.3) is 11.1 Å². The maximum atomic E-state index is 13.7. The van der Waals surface area contributed by atoms with E-state index in [2.05, 4.69) is 0 Å². The SMILES string of the molecule is CC(C)(C)OC(=O)N1CCC(Oc2c(C(=O)O)cccc2-c2ccc(F)c(F)c2)C1. The van der Waals surface area contributed by atoms with Crippen LogP contribution in [0.2, 0.25) is 0 Å². The van der Waals surface area contributed by atoms with Gasteiger partial charge in [-0.1, -0.05) is 18.2 Å². The molecular formula is C22H23F2NO5. The van der Waals surface area contributed by atoms with Crippen molar-refractivity contribution in [3.8, 4) is 16.9 Å². The maximum Gasteiger partial charge on any atom is 0.410 e. The summed E-state index contributed by atoms with van der Waals surface area (Å²) in [6.45, 7) is 5.93. The molecule has 1 saturated heterocycles. The molecule has 6 nitrogen and oxygen atoms in total. The van der Waals surface area contributed by atoms with Gasteiger partial charge in [0.05, 0.1) is 6.54 Å². The Hall–Kier alpha value is -3.16. The van der Waals surface area contributed by atoms with Crippen molar-refractivity contribution in [1.82, 2.24) is 4.90 Å². The molecule has 0 aliphatic carbocycles. The fraction of sp³-hybridized carbons (Fsp3) is 0.364. The highest BCUT2D eigenvalue weighted by molar-refractivity contribution is 5.94. The molecule has 1 heterocycles. The van der Waals surface area contributed by atoms with Crippen molar-refractivity contribution >= 4 is 12.1 Å². The topological polar surface area (TPSA) is 76.1 Å². The van der Waals surface area contributed by atoms with Gasteiger partial charge in [0.2, 0.25) is 0 Å². The van der Waals surface area contributed by atoms with Crippen LogP contribution in [0.3, 0.4) is 0 Å². The predicted octanol–water partition coefficient (Wildman–Crippen LogP) is 4.72. The van der Waals surface area contributed by atoms with Crippen LogP contribution in [-0.4, -0.2) is 46.9 Å². The zero-order chi connectivity index (χ0) is 22.1. The van der Waals surface area contributed by atoms with Crippen LogP contribution in [0, 0.1) is 11.6 Å². The second kappa shape index (κ2) is 8.30. The van der Waals surface area contributed by atoms with Gasteiger partial charge in [-0.15, -0.1) is 0 Å². The monoisotopic (exact) mass is 419 g/mol. The van der Waals surface area contributed by atoms with Gasteiger partial charge in [-0.2, -0.15) is 0 Å². The Bertz CT molecular complexity index is 970. The number of aromatic carboxylic acids is 1. The minimum absolute atomic E-state index is 0.0482. The van der Waals surface area contributed by atoms with Gasteiger partial charge in [0.25, 0.3) is 0 Å². The number of carboxylic acid groups (broad SMARTS) is 1. The Morgan fingerprint density at radius 2 is 1.87 bits per heavy atom. The zero-order valence-electron chi connectivity index (χ0n) is 16.9. The number of rotatable bonds is 4. The van der Waals surface area contributed by atoms with E-state index in [1.54, 1.807) is 26.8 Å². The lowest BCUT2D eigenvalue weighted by molar-refractivity contribution is 0.0274. The van der Waals surface area contributed by atoms with Gasteiger partial charge in [0.1, 0.15) is 23.0 Å². The van der Waals surface area contributed by atoms with Crippen molar-refractivity contribution in [3.63, 3.8) is 0 Å². The number of carboxylic acids is 1. The van der Waals surface area contributed by atoms with Crippen LogP contribution in [-0.2, 0) is 4.74 Å². The standard InChI is InChI=1S/C22H23F2NO5/c1-22(2,3)30-21(28)25-10-9-14(12-25)29-19-15(5-4-6-16(19)20(26)27)13-7-8-17(23)18(24)11-13/h4-8,11,14H,9-10,12H2,1-3H3,(H,26,27). The first-order valence-electron chi connectivity index (χ1n) is 9.51. The number of benzene rings is 2. The molecule has 1 N–H and O–H groups in total. The van der Waals surface area contributed by atoms with E-state index in [-0.39, 0.29) is 23.4 Å².